The number of aromatic nitrogens is 3. The summed E-state index contributed by atoms with van der Waals surface area (Å²) in [6, 6.07) is 19.8. The van der Waals surface area contributed by atoms with E-state index in [2.05, 4.69) is 40.9 Å². The van der Waals surface area contributed by atoms with Gasteiger partial charge in [-0.15, -0.1) is 0 Å². The monoisotopic (exact) mass is 637 g/mol. The zero-order valence-electron chi connectivity index (χ0n) is 26.1. The van der Waals surface area contributed by atoms with Crippen molar-refractivity contribution >= 4 is 39.1 Å². The van der Waals surface area contributed by atoms with Crippen LogP contribution in [0.4, 0.5) is 10.2 Å². The van der Waals surface area contributed by atoms with Crippen LogP contribution in [0.15, 0.2) is 66.9 Å². The van der Waals surface area contributed by atoms with Crippen LogP contribution in [0.25, 0.3) is 32.9 Å². The van der Waals surface area contributed by atoms with Gasteiger partial charge in [0.05, 0.1) is 5.39 Å². The first kappa shape index (κ1) is 29.4. The molecule has 3 aromatic carbocycles. The average molecular weight is 638 g/mol. The van der Waals surface area contributed by atoms with Crippen LogP contribution in [0.1, 0.15) is 31.2 Å². The molecule has 0 N–H and O–H groups in total. The molecular formula is C37H37ClFN5O2. The molecule has 0 radical (unpaired) electrons. The zero-order chi connectivity index (χ0) is 31.4. The maximum absolute atomic E-state index is 16.7. The summed E-state index contributed by atoms with van der Waals surface area (Å²) in [4.78, 5) is 18.8. The number of hydrogen-bond acceptors (Lipinski definition) is 7. The van der Waals surface area contributed by atoms with Crippen LogP contribution in [-0.2, 0) is 0 Å². The van der Waals surface area contributed by atoms with Gasteiger partial charge >= 0.3 is 6.01 Å². The lowest BCUT2D eigenvalue weighted by atomic mass is 9.98. The van der Waals surface area contributed by atoms with Gasteiger partial charge in [-0.05, 0) is 74.2 Å². The van der Waals surface area contributed by atoms with E-state index in [9.17, 15) is 0 Å². The maximum Gasteiger partial charge on any atom is 0.319 e. The van der Waals surface area contributed by atoms with Crippen molar-refractivity contribution in [2.45, 2.75) is 44.8 Å². The SMILES string of the molecule is Cc1cccc(O[C@@H]2C[C@@H](COc3nc(N4CC5CCC(C5)C4)c4cnc(-c5cccc6cccc(Cl)c56)c(F)c4n3)N(C)C2)c1. The first-order valence-electron chi connectivity index (χ1n) is 16.2. The van der Waals surface area contributed by atoms with Crippen LogP contribution < -0.4 is 14.4 Å². The predicted octanol–water partition coefficient (Wildman–Crippen LogP) is 7.71. The van der Waals surface area contributed by atoms with Crippen LogP contribution in [0.2, 0.25) is 5.02 Å². The Bertz CT molecular complexity index is 1920. The summed E-state index contributed by atoms with van der Waals surface area (Å²) in [5.74, 6) is 2.33. The van der Waals surface area contributed by atoms with Gasteiger partial charge in [-0.3, -0.25) is 9.88 Å². The summed E-state index contributed by atoms with van der Waals surface area (Å²) in [6.45, 7) is 5.02. The quantitative estimate of drug-likeness (QED) is 0.181. The topological polar surface area (TPSA) is 63.6 Å². The molecule has 2 unspecified atom stereocenters. The lowest BCUT2D eigenvalue weighted by Gasteiger charge is -2.33. The zero-order valence-corrected chi connectivity index (χ0v) is 26.9. The van der Waals surface area contributed by atoms with E-state index >= 15 is 4.39 Å². The highest BCUT2D eigenvalue weighted by Gasteiger charge is 2.35. The number of likely N-dealkylation sites (N-methyl/N-ethyl adjacent to an activating group) is 1. The van der Waals surface area contributed by atoms with Crippen LogP contribution in [0, 0.1) is 24.6 Å². The van der Waals surface area contributed by atoms with Crippen LogP contribution >= 0.6 is 11.6 Å². The van der Waals surface area contributed by atoms with Crippen molar-refractivity contribution in [1.82, 2.24) is 19.9 Å². The number of ether oxygens (including phenoxy) is 2. The molecule has 0 spiro atoms. The lowest BCUT2D eigenvalue weighted by molar-refractivity contribution is 0.188. The minimum absolute atomic E-state index is 0.0518. The van der Waals surface area contributed by atoms with Gasteiger partial charge in [-0.25, -0.2) is 4.39 Å². The smallest absolute Gasteiger partial charge is 0.319 e. The first-order chi connectivity index (χ1) is 22.4. The second kappa shape index (κ2) is 12.0. The van der Waals surface area contributed by atoms with Gasteiger partial charge in [0.25, 0.3) is 0 Å². The summed E-state index contributed by atoms with van der Waals surface area (Å²) in [7, 11) is 2.08. The van der Waals surface area contributed by atoms with Gasteiger partial charge in [0.1, 0.15) is 35.5 Å². The van der Waals surface area contributed by atoms with E-state index in [1.165, 1.54) is 24.8 Å². The summed E-state index contributed by atoms with van der Waals surface area (Å²) < 4.78 is 29.3. The first-order valence-corrected chi connectivity index (χ1v) is 16.6. The molecule has 2 aliphatic heterocycles. The summed E-state index contributed by atoms with van der Waals surface area (Å²) >= 11 is 6.63. The number of pyridine rings is 1. The molecule has 1 aliphatic carbocycles. The fourth-order valence-corrected chi connectivity index (χ4v) is 8.03. The molecule has 2 saturated heterocycles. The maximum atomic E-state index is 16.7. The molecule has 2 bridgehead atoms. The number of aryl methyl sites for hydroxylation is 1. The molecule has 236 valence electrons. The number of rotatable bonds is 7. The molecule has 3 aliphatic rings. The Morgan fingerprint density at radius 3 is 2.54 bits per heavy atom. The van der Waals surface area contributed by atoms with Crippen molar-refractivity contribution in [2.24, 2.45) is 11.8 Å². The number of hydrogen-bond donors (Lipinski definition) is 0. The fourth-order valence-electron chi connectivity index (χ4n) is 7.75. The van der Waals surface area contributed by atoms with Crippen molar-refractivity contribution in [2.75, 3.05) is 38.2 Å². The summed E-state index contributed by atoms with van der Waals surface area (Å²) in [5, 5.41) is 2.84. The van der Waals surface area contributed by atoms with Crippen molar-refractivity contribution in [1.29, 1.82) is 0 Å². The Morgan fingerprint density at radius 1 is 0.957 bits per heavy atom. The normalized spacial score (nSPS) is 23.0. The second-order valence-electron chi connectivity index (χ2n) is 13.3. The van der Waals surface area contributed by atoms with Gasteiger partial charge in [-0.2, -0.15) is 9.97 Å². The lowest BCUT2D eigenvalue weighted by Crippen LogP contribution is -2.37. The molecule has 4 atom stereocenters. The van der Waals surface area contributed by atoms with Gasteiger partial charge in [0.2, 0.25) is 0 Å². The van der Waals surface area contributed by atoms with Crippen LogP contribution in [0.3, 0.4) is 0 Å². The number of halogens is 2. The Morgan fingerprint density at radius 2 is 1.74 bits per heavy atom. The molecular weight excluding hydrogens is 601 g/mol. The summed E-state index contributed by atoms with van der Waals surface area (Å²) in [6.07, 6.45) is 6.29. The Hall–Kier alpha value is -4.01. The largest absolute Gasteiger partial charge is 0.489 e. The standard InChI is InChI=1S/C37H37ClFN5O2/c1-22-6-3-9-27(14-22)46-28-16-26(43(2)20-28)21-45-37-41-35-30(36(42-37)44-18-23-12-13-24(15-23)19-44)17-40-34(33(35)39)29-10-4-7-25-8-5-11-31(38)32(25)29/h3-11,14,17,23-24,26,28H,12-13,15-16,18-21H2,1-2H3/t23?,24?,26-,28+/m0/s1. The van der Waals surface area contributed by atoms with Crippen LogP contribution in [-0.4, -0.2) is 65.3 Å². The van der Waals surface area contributed by atoms with E-state index in [4.69, 9.17) is 31.0 Å². The van der Waals surface area contributed by atoms with Crippen molar-refractivity contribution < 1.29 is 13.9 Å². The average Bonchev–Trinajstić information content (AvgIpc) is 3.58. The number of benzene rings is 3. The molecule has 3 fully saturated rings. The third-order valence-corrected chi connectivity index (χ3v) is 10.3. The number of piperidine rings is 1. The van der Waals surface area contributed by atoms with E-state index < -0.39 is 5.82 Å². The summed E-state index contributed by atoms with van der Waals surface area (Å²) in [5.41, 5.74) is 2.23. The van der Waals surface area contributed by atoms with Crippen molar-refractivity contribution in [3.05, 3.63) is 83.3 Å². The minimum Gasteiger partial charge on any atom is -0.489 e. The highest BCUT2D eigenvalue weighted by Crippen LogP contribution is 2.41. The molecule has 0 amide bonds. The van der Waals surface area contributed by atoms with Gasteiger partial charge in [0, 0.05) is 54.3 Å². The van der Waals surface area contributed by atoms with E-state index in [-0.39, 0.29) is 29.4 Å². The number of anilines is 1. The van der Waals surface area contributed by atoms with E-state index in [0.717, 1.165) is 42.6 Å². The molecule has 7 nitrogen and oxygen atoms in total. The molecule has 5 aromatic rings. The minimum atomic E-state index is -0.497. The third-order valence-electron chi connectivity index (χ3n) is 10.0. The van der Waals surface area contributed by atoms with Crippen molar-refractivity contribution in [3.63, 3.8) is 0 Å². The number of nitrogens with zero attached hydrogens (tertiary/aromatic N) is 5. The molecule has 46 heavy (non-hydrogen) atoms. The molecule has 9 heteroatoms. The highest BCUT2D eigenvalue weighted by molar-refractivity contribution is 6.36. The van der Waals surface area contributed by atoms with Crippen molar-refractivity contribution in [3.8, 4) is 23.0 Å². The van der Waals surface area contributed by atoms with Crippen LogP contribution in [0.5, 0.6) is 11.8 Å². The Labute approximate surface area is 273 Å². The number of likely N-dealkylation sites (tertiary alicyclic amines) is 1. The van der Waals surface area contributed by atoms with E-state index in [0.29, 0.717) is 40.2 Å². The second-order valence-corrected chi connectivity index (χ2v) is 13.7. The Balaban J connectivity index is 1.13. The number of fused-ring (bicyclic) bond motifs is 4. The van der Waals surface area contributed by atoms with Gasteiger partial charge in [-0.1, -0.05) is 54.1 Å². The van der Waals surface area contributed by atoms with Gasteiger partial charge < -0.3 is 14.4 Å². The van der Waals surface area contributed by atoms with Gasteiger partial charge in [0.15, 0.2) is 5.82 Å². The molecule has 4 heterocycles. The Kier molecular flexibility index (Phi) is 7.65. The van der Waals surface area contributed by atoms with E-state index in [1.807, 2.05) is 48.5 Å². The molecule has 8 rings (SSSR count). The molecule has 1 saturated carbocycles. The third kappa shape index (κ3) is 5.52. The molecule has 2 aromatic heterocycles. The fraction of sp³-hybridized carbons (Fsp3) is 0.378. The highest BCUT2D eigenvalue weighted by atomic mass is 35.5. The van der Waals surface area contributed by atoms with E-state index in [1.54, 1.807) is 6.20 Å². The predicted molar refractivity (Wildman–Crippen MR) is 180 cm³/mol.